The normalized spacial score (nSPS) is 10.6. The summed E-state index contributed by atoms with van der Waals surface area (Å²) < 4.78 is 4.61. The lowest BCUT2D eigenvalue weighted by Gasteiger charge is -2.03. The number of rotatable bonds is 14. The summed E-state index contributed by atoms with van der Waals surface area (Å²) in [5.41, 5.74) is 2.68. The molecule has 114 valence electrons. The summed E-state index contributed by atoms with van der Waals surface area (Å²) in [6.45, 7) is 0.936. The minimum atomic E-state index is -0.0789. The van der Waals surface area contributed by atoms with Crippen LogP contribution in [0.5, 0.6) is 0 Å². The maximum absolute atomic E-state index is 10.9. The number of nitrogens with two attached hydrogens (primary N) is 1. The van der Waals surface area contributed by atoms with Gasteiger partial charge in [0.25, 0.3) is 0 Å². The molecule has 4 nitrogen and oxygen atoms in total. The van der Waals surface area contributed by atoms with Crippen molar-refractivity contribution in [2.45, 2.75) is 77.0 Å². The summed E-state index contributed by atoms with van der Waals surface area (Å²) in [6.07, 6.45) is 14.5. The Bertz CT molecular complexity index is 199. The van der Waals surface area contributed by atoms with Gasteiger partial charge in [-0.3, -0.25) is 16.1 Å². The van der Waals surface area contributed by atoms with E-state index < -0.39 is 0 Å². The Morgan fingerprint density at radius 1 is 0.842 bits per heavy atom. The lowest BCUT2D eigenvalue weighted by atomic mass is 10.1. The quantitative estimate of drug-likeness (QED) is 0.220. The number of hydrazine groups is 1. The van der Waals surface area contributed by atoms with Gasteiger partial charge >= 0.3 is 5.97 Å². The third kappa shape index (κ3) is 15.3. The van der Waals surface area contributed by atoms with Gasteiger partial charge in [-0.25, -0.2) is 0 Å². The van der Waals surface area contributed by atoms with E-state index in [0.717, 1.165) is 19.4 Å². The van der Waals surface area contributed by atoms with Crippen LogP contribution in [0.1, 0.15) is 77.0 Å². The summed E-state index contributed by atoms with van der Waals surface area (Å²) in [5.74, 6) is 5.13. The first-order chi connectivity index (χ1) is 9.31. The molecule has 3 N–H and O–H groups in total. The number of nitrogens with one attached hydrogen (secondary N) is 1. The van der Waals surface area contributed by atoms with E-state index in [1.54, 1.807) is 0 Å². The van der Waals surface area contributed by atoms with Gasteiger partial charge in [0.1, 0.15) is 0 Å². The Balaban J connectivity index is 2.97. The van der Waals surface area contributed by atoms with Crippen molar-refractivity contribution in [2.75, 3.05) is 13.7 Å². The fourth-order valence-electron chi connectivity index (χ4n) is 2.19. The van der Waals surface area contributed by atoms with Crippen molar-refractivity contribution in [2.24, 2.45) is 5.84 Å². The molecule has 0 saturated heterocycles. The van der Waals surface area contributed by atoms with Gasteiger partial charge in [0.05, 0.1) is 7.11 Å². The van der Waals surface area contributed by atoms with Gasteiger partial charge in [-0.15, -0.1) is 0 Å². The number of ether oxygens (including phenoxy) is 1. The lowest BCUT2D eigenvalue weighted by Crippen LogP contribution is -2.22. The van der Waals surface area contributed by atoms with Crippen LogP contribution in [0.2, 0.25) is 0 Å². The van der Waals surface area contributed by atoms with E-state index in [1.807, 2.05) is 0 Å². The summed E-state index contributed by atoms with van der Waals surface area (Å²) in [6, 6.07) is 0. The average molecular weight is 272 g/mol. The van der Waals surface area contributed by atoms with E-state index in [4.69, 9.17) is 5.84 Å². The second-order valence-corrected chi connectivity index (χ2v) is 5.17. The van der Waals surface area contributed by atoms with E-state index >= 15 is 0 Å². The van der Waals surface area contributed by atoms with Crippen molar-refractivity contribution in [3.63, 3.8) is 0 Å². The topological polar surface area (TPSA) is 64.3 Å². The van der Waals surface area contributed by atoms with Crippen LogP contribution in [0.15, 0.2) is 0 Å². The van der Waals surface area contributed by atoms with Gasteiger partial charge in [0.15, 0.2) is 0 Å². The minimum Gasteiger partial charge on any atom is -0.469 e. The van der Waals surface area contributed by atoms with Crippen molar-refractivity contribution in [1.82, 2.24) is 5.43 Å². The van der Waals surface area contributed by atoms with Crippen LogP contribution in [-0.2, 0) is 9.53 Å². The maximum Gasteiger partial charge on any atom is 0.305 e. The highest BCUT2D eigenvalue weighted by Crippen LogP contribution is 2.11. The molecule has 0 rings (SSSR count). The molecule has 0 aromatic rings. The zero-order chi connectivity index (χ0) is 14.2. The molecule has 0 saturated carbocycles. The van der Waals surface area contributed by atoms with Gasteiger partial charge in [0.2, 0.25) is 0 Å². The molecule has 0 aliphatic rings. The molecule has 0 amide bonds. The molecule has 0 aliphatic carbocycles. The Morgan fingerprint density at radius 3 is 1.68 bits per heavy atom. The molecule has 0 fully saturated rings. The van der Waals surface area contributed by atoms with Crippen molar-refractivity contribution in [3.8, 4) is 0 Å². The maximum atomic E-state index is 10.9. The molecular weight excluding hydrogens is 240 g/mol. The fraction of sp³-hybridized carbons (Fsp3) is 0.933. The largest absolute Gasteiger partial charge is 0.469 e. The Kier molecular flexibility index (Phi) is 15.0. The van der Waals surface area contributed by atoms with Crippen molar-refractivity contribution in [1.29, 1.82) is 0 Å². The molecule has 0 bridgehead atoms. The SMILES string of the molecule is COC(=O)CCCCCCCCCCCCCNN. The van der Waals surface area contributed by atoms with Gasteiger partial charge in [-0.1, -0.05) is 57.8 Å². The fourth-order valence-corrected chi connectivity index (χ4v) is 2.19. The molecule has 0 aliphatic heterocycles. The van der Waals surface area contributed by atoms with Gasteiger partial charge in [0, 0.05) is 13.0 Å². The Morgan fingerprint density at radius 2 is 1.26 bits per heavy atom. The third-order valence-corrected chi connectivity index (χ3v) is 3.43. The zero-order valence-corrected chi connectivity index (χ0v) is 12.6. The predicted octanol–water partition coefficient (Wildman–Crippen LogP) is 3.30. The smallest absolute Gasteiger partial charge is 0.305 e. The number of carbonyl (C=O) groups excluding carboxylic acids is 1. The Hall–Kier alpha value is -0.610. The van der Waals surface area contributed by atoms with E-state index in [-0.39, 0.29) is 5.97 Å². The lowest BCUT2D eigenvalue weighted by molar-refractivity contribution is -0.140. The number of hydrogen-bond acceptors (Lipinski definition) is 4. The molecule has 0 heterocycles. The highest BCUT2D eigenvalue weighted by molar-refractivity contribution is 5.68. The van der Waals surface area contributed by atoms with E-state index in [0.29, 0.717) is 6.42 Å². The summed E-state index contributed by atoms with van der Waals surface area (Å²) in [4.78, 5) is 10.9. The van der Waals surface area contributed by atoms with Crippen LogP contribution < -0.4 is 11.3 Å². The number of carbonyl (C=O) groups is 1. The summed E-state index contributed by atoms with van der Waals surface area (Å²) in [7, 11) is 1.45. The molecular formula is C15H32N2O2. The van der Waals surface area contributed by atoms with Gasteiger partial charge < -0.3 is 4.74 Å². The van der Waals surface area contributed by atoms with Crippen LogP contribution in [0.25, 0.3) is 0 Å². The van der Waals surface area contributed by atoms with E-state index in [1.165, 1.54) is 64.9 Å². The van der Waals surface area contributed by atoms with Crippen LogP contribution in [0.4, 0.5) is 0 Å². The highest BCUT2D eigenvalue weighted by atomic mass is 16.5. The van der Waals surface area contributed by atoms with Crippen LogP contribution in [-0.4, -0.2) is 19.6 Å². The van der Waals surface area contributed by atoms with Crippen LogP contribution in [0, 0.1) is 0 Å². The van der Waals surface area contributed by atoms with E-state index in [2.05, 4.69) is 10.2 Å². The zero-order valence-electron chi connectivity index (χ0n) is 12.6. The number of unbranched alkanes of at least 4 members (excludes halogenated alkanes) is 10. The molecule has 0 aromatic carbocycles. The van der Waals surface area contributed by atoms with Crippen LogP contribution >= 0.6 is 0 Å². The second kappa shape index (κ2) is 15.4. The number of hydrogen-bond donors (Lipinski definition) is 2. The first-order valence-electron chi connectivity index (χ1n) is 7.81. The molecule has 0 spiro atoms. The molecule has 0 aromatic heterocycles. The molecule has 0 unspecified atom stereocenters. The van der Waals surface area contributed by atoms with Crippen LogP contribution in [0.3, 0.4) is 0 Å². The number of methoxy groups -OCH3 is 1. The highest BCUT2D eigenvalue weighted by Gasteiger charge is 1.99. The molecule has 19 heavy (non-hydrogen) atoms. The first kappa shape index (κ1) is 18.4. The summed E-state index contributed by atoms with van der Waals surface area (Å²) in [5, 5.41) is 0. The molecule has 4 heteroatoms. The van der Waals surface area contributed by atoms with Gasteiger partial charge in [-0.05, 0) is 12.8 Å². The van der Waals surface area contributed by atoms with Crippen molar-refractivity contribution in [3.05, 3.63) is 0 Å². The average Bonchev–Trinajstić information content (AvgIpc) is 2.43. The summed E-state index contributed by atoms with van der Waals surface area (Å²) >= 11 is 0. The second-order valence-electron chi connectivity index (χ2n) is 5.17. The minimum absolute atomic E-state index is 0.0789. The Labute approximate surface area is 118 Å². The number of esters is 1. The van der Waals surface area contributed by atoms with E-state index in [9.17, 15) is 4.79 Å². The third-order valence-electron chi connectivity index (χ3n) is 3.43. The first-order valence-corrected chi connectivity index (χ1v) is 7.81. The van der Waals surface area contributed by atoms with Crippen molar-refractivity contribution >= 4 is 5.97 Å². The van der Waals surface area contributed by atoms with Gasteiger partial charge in [-0.2, -0.15) is 0 Å². The monoisotopic (exact) mass is 272 g/mol. The molecule has 0 atom stereocenters. The molecule has 0 radical (unpaired) electrons. The van der Waals surface area contributed by atoms with Crippen molar-refractivity contribution < 1.29 is 9.53 Å². The predicted molar refractivity (Wildman–Crippen MR) is 79.6 cm³/mol. The standard InChI is InChI=1S/C15H32N2O2/c1-19-15(18)13-11-9-7-5-3-2-4-6-8-10-12-14-17-16/h17H,2-14,16H2,1H3.